The van der Waals surface area contributed by atoms with E-state index in [2.05, 4.69) is 15.3 Å². The predicted octanol–water partition coefficient (Wildman–Crippen LogP) is 1.75. The van der Waals surface area contributed by atoms with Gasteiger partial charge in [-0.1, -0.05) is 13.8 Å². The lowest BCUT2D eigenvalue weighted by Gasteiger charge is -2.21. The molecule has 0 unspecified atom stereocenters. The van der Waals surface area contributed by atoms with Crippen LogP contribution in [0.4, 0.5) is 0 Å². The first-order valence-electron chi connectivity index (χ1n) is 6.39. The average molecular weight is 271 g/mol. The van der Waals surface area contributed by atoms with Crippen molar-refractivity contribution in [2.75, 3.05) is 0 Å². The van der Waals surface area contributed by atoms with Crippen LogP contribution in [0.2, 0.25) is 0 Å². The third kappa shape index (κ3) is 2.72. The van der Waals surface area contributed by atoms with Gasteiger partial charge in [0.25, 0.3) is 5.91 Å². The second-order valence-corrected chi connectivity index (χ2v) is 5.01. The topological polar surface area (TPSA) is 86.5 Å². The van der Waals surface area contributed by atoms with Crippen molar-refractivity contribution in [3.63, 3.8) is 0 Å². The molecule has 2 N–H and O–H groups in total. The number of hydrogen-bond donors (Lipinski definition) is 2. The molecule has 1 amide bonds. The van der Waals surface area contributed by atoms with E-state index in [1.54, 1.807) is 6.20 Å². The van der Waals surface area contributed by atoms with Crippen LogP contribution < -0.4 is 5.32 Å². The lowest BCUT2D eigenvalue weighted by molar-refractivity contribution is 0.0918. The third-order valence-electron chi connectivity index (χ3n) is 3.15. The SMILES string of the molecule is CC(C)[C@H](NC(=O)c1cc(C#N)c[nH]1)c1nccn1C. The monoisotopic (exact) mass is 271 g/mol. The van der Waals surface area contributed by atoms with Gasteiger partial charge in [-0.2, -0.15) is 5.26 Å². The lowest BCUT2D eigenvalue weighted by Crippen LogP contribution is -2.33. The number of aromatic nitrogens is 3. The number of amides is 1. The summed E-state index contributed by atoms with van der Waals surface area (Å²) in [5.74, 6) is 0.763. The second kappa shape index (κ2) is 5.61. The van der Waals surface area contributed by atoms with Crippen LogP contribution in [0.3, 0.4) is 0 Å². The molecule has 0 aliphatic heterocycles. The fourth-order valence-corrected chi connectivity index (χ4v) is 2.02. The van der Waals surface area contributed by atoms with Crippen LogP contribution in [-0.2, 0) is 7.05 Å². The van der Waals surface area contributed by atoms with Crippen molar-refractivity contribution >= 4 is 5.91 Å². The Hall–Kier alpha value is -2.55. The Morgan fingerprint density at radius 3 is 2.80 bits per heavy atom. The second-order valence-electron chi connectivity index (χ2n) is 5.01. The molecule has 0 saturated carbocycles. The first-order chi connectivity index (χ1) is 9.52. The van der Waals surface area contributed by atoms with Crippen LogP contribution in [0.25, 0.3) is 0 Å². The Bertz CT molecular complexity index is 647. The van der Waals surface area contributed by atoms with Crippen molar-refractivity contribution in [2.45, 2.75) is 19.9 Å². The number of imidazole rings is 1. The van der Waals surface area contributed by atoms with Gasteiger partial charge in [0, 0.05) is 25.6 Å². The summed E-state index contributed by atoms with van der Waals surface area (Å²) in [4.78, 5) is 19.3. The van der Waals surface area contributed by atoms with Gasteiger partial charge >= 0.3 is 0 Å². The maximum absolute atomic E-state index is 12.2. The minimum absolute atomic E-state index is 0.184. The fraction of sp³-hybridized carbons (Fsp3) is 0.357. The molecule has 0 bridgehead atoms. The molecule has 0 spiro atoms. The Kier molecular flexibility index (Phi) is 3.89. The lowest BCUT2D eigenvalue weighted by atomic mass is 10.0. The van der Waals surface area contributed by atoms with E-state index in [-0.39, 0.29) is 17.9 Å². The largest absolute Gasteiger partial charge is 0.356 e. The number of aromatic amines is 1. The van der Waals surface area contributed by atoms with Crippen LogP contribution in [0.5, 0.6) is 0 Å². The van der Waals surface area contributed by atoms with E-state index in [4.69, 9.17) is 5.26 Å². The van der Waals surface area contributed by atoms with Gasteiger partial charge in [0.2, 0.25) is 0 Å². The Morgan fingerprint density at radius 2 is 2.30 bits per heavy atom. The van der Waals surface area contributed by atoms with E-state index in [1.807, 2.05) is 37.7 Å². The number of nitrogens with zero attached hydrogens (tertiary/aromatic N) is 3. The molecule has 20 heavy (non-hydrogen) atoms. The summed E-state index contributed by atoms with van der Waals surface area (Å²) in [6.45, 7) is 4.05. The molecular weight excluding hydrogens is 254 g/mol. The number of H-pyrrole nitrogens is 1. The molecular formula is C14H17N5O. The number of rotatable bonds is 4. The molecule has 2 rings (SSSR count). The number of nitriles is 1. The van der Waals surface area contributed by atoms with E-state index in [0.717, 1.165) is 5.82 Å². The summed E-state index contributed by atoms with van der Waals surface area (Å²) in [7, 11) is 1.90. The van der Waals surface area contributed by atoms with E-state index in [9.17, 15) is 4.79 Å². The quantitative estimate of drug-likeness (QED) is 0.888. The highest BCUT2D eigenvalue weighted by molar-refractivity contribution is 5.93. The zero-order chi connectivity index (χ0) is 14.7. The van der Waals surface area contributed by atoms with Gasteiger partial charge < -0.3 is 14.9 Å². The van der Waals surface area contributed by atoms with E-state index in [0.29, 0.717) is 11.3 Å². The summed E-state index contributed by atoms with van der Waals surface area (Å²) in [6.07, 6.45) is 5.07. The van der Waals surface area contributed by atoms with Gasteiger partial charge in [-0.15, -0.1) is 0 Å². The van der Waals surface area contributed by atoms with Crippen molar-refractivity contribution in [2.24, 2.45) is 13.0 Å². The molecule has 1 atom stereocenters. The summed E-state index contributed by atoms with van der Waals surface area (Å²) in [5.41, 5.74) is 0.814. The molecule has 0 radical (unpaired) electrons. The Morgan fingerprint density at radius 1 is 1.55 bits per heavy atom. The number of hydrogen-bond acceptors (Lipinski definition) is 3. The molecule has 0 aliphatic carbocycles. The highest BCUT2D eigenvalue weighted by Crippen LogP contribution is 2.20. The average Bonchev–Trinajstić information content (AvgIpc) is 3.04. The minimum Gasteiger partial charge on any atom is -0.356 e. The first-order valence-corrected chi connectivity index (χ1v) is 6.39. The van der Waals surface area contributed by atoms with E-state index >= 15 is 0 Å². The van der Waals surface area contributed by atoms with Crippen LogP contribution >= 0.6 is 0 Å². The van der Waals surface area contributed by atoms with Crippen LogP contribution in [0.15, 0.2) is 24.7 Å². The number of carbonyl (C=O) groups excluding carboxylic acids is 1. The van der Waals surface area contributed by atoms with Crippen LogP contribution in [0.1, 0.15) is 41.8 Å². The summed E-state index contributed by atoms with van der Waals surface area (Å²) in [5, 5.41) is 11.7. The molecule has 2 aromatic heterocycles. The summed E-state index contributed by atoms with van der Waals surface area (Å²) >= 11 is 0. The van der Waals surface area contributed by atoms with Gasteiger partial charge in [-0.25, -0.2) is 4.98 Å². The molecule has 6 heteroatoms. The molecule has 0 saturated heterocycles. The van der Waals surface area contributed by atoms with Gasteiger partial charge in [0.15, 0.2) is 0 Å². The van der Waals surface area contributed by atoms with Gasteiger partial charge in [-0.3, -0.25) is 4.79 Å². The third-order valence-corrected chi connectivity index (χ3v) is 3.15. The van der Waals surface area contributed by atoms with Crippen molar-refractivity contribution in [1.82, 2.24) is 19.9 Å². The molecule has 104 valence electrons. The highest BCUT2D eigenvalue weighted by atomic mass is 16.2. The maximum atomic E-state index is 12.2. The van der Waals surface area contributed by atoms with Crippen molar-refractivity contribution < 1.29 is 4.79 Å². The van der Waals surface area contributed by atoms with Gasteiger partial charge in [-0.05, 0) is 12.0 Å². The van der Waals surface area contributed by atoms with Gasteiger partial charge in [0.05, 0.1) is 11.6 Å². The summed E-state index contributed by atoms with van der Waals surface area (Å²) < 4.78 is 1.89. The maximum Gasteiger partial charge on any atom is 0.268 e. The molecule has 0 aliphatic rings. The highest BCUT2D eigenvalue weighted by Gasteiger charge is 2.23. The number of nitrogens with one attached hydrogen (secondary N) is 2. The smallest absolute Gasteiger partial charge is 0.268 e. The number of carbonyl (C=O) groups is 1. The van der Waals surface area contributed by atoms with Crippen molar-refractivity contribution in [1.29, 1.82) is 5.26 Å². The standard InChI is InChI=1S/C14H17N5O/c1-9(2)12(13-16-4-5-19(13)3)18-14(20)11-6-10(7-15)8-17-11/h4-6,8-9,12,17H,1-3H3,(H,18,20)/t12-/m0/s1. The van der Waals surface area contributed by atoms with E-state index < -0.39 is 0 Å². The number of aryl methyl sites for hydroxylation is 1. The van der Waals surface area contributed by atoms with E-state index in [1.165, 1.54) is 12.3 Å². The Labute approximate surface area is 117 Å². The zero-order valence-corrected chi connectivity index (χ0v) is 11.7. The Balaban J connectivity index is 2.19. The summed E-state index contributed by atoms with van der Waals surface area (Å²) in [6, 6.07) is 3.34. The normalized spacial score (nSPS) is 12.2. The predicted molar refractivity (Wildman–Crippen MR) is 73.8 cm³/mol. The van der Waals surface area contributed by atoms with Crippen LogP contribution in [0, 0.1) is 17.2 Å². The molecule has 2 aromatic rings. The fourth-order valence-electron chi connectivity index (χ4n) is 2.02. The zero-order valence-electron chi connectivity index (χ0n) is 11.7. The molecule has 0 fully saturated rings. The van der Waals surface area contributed by atoms with Crippen molar-refractivity contribution in [3.8, 4) is 6.07 Å². The van der Waals surface area contributed by atoms with Gasteiger partial charge in [0.1, 0.15) is 17.6 Å². The molecule has 0 aromatic carbocycles. The minimum atomic E-state index is -0.242. The van der Waals surface area contributed by atoms with Crippen molar-refractivity contribution in [3.05, 3.63) is 41.7 Å². The molecule has 6 nitrogen and oxygen atoms in total. The molecule has 2 heterocycles. The van der Waals surface area contributed by atoms with Crippen LogP contribution in [-0.4, -0.2) is 20.4 Å². The first kappa shape index (κ1) is 13.9.